The third kappa shape index (κ3) is 3.29. The zero-order chi connectivity index (χ0) is 16.1. The zero-order valence-corrected chi connectivity index (χ0v) is 11.7. The van der Waals surface area contributed by atoms with Gasteiger partial charge in [0.2, 0.25) is 0 Å². The number of phenolic OH excluding ortho intramolecular Hbond substituents is 1. The molecule has 0 saturated carbocycles. The Morgan fingerprint density at radius 2 is 2.00 bits per heavy atom. The number of phenols is 1. The molecule has 0 amide bonds. The largest absolute Gasteiger partial charge is 0.507 e. The minimum atomic E-state index is -0.509. The highest BCUT2D eigenvalue weighted by atomic mass is 16.6. The Morgan fingerprint density at radius 1 is 1.27 bits per heavy atom. The van der Waals surface area contributed by atoms with Crippen molar-refractivity contribution in [3.63, 3.8) is 0 Å². The number of rotatable bonds is 5. The molecule has 0 aromatic heterocycles. The molecule has 0 radical (unpaired) electrons. The van der Waals surface area contributed by atoms with E-state index >= 15 is 0 Å². The van der Waals surface area contributed by atoms with Crippen LogP contribution in [0.1, 0.15) is 15.9 Å². The lowest BCUT2D eigenvalue weighted by Gasteiger charge is -2.07. The Kier molecular flexibility index (Phi) is 4.53. The number of benzene rings is 2. The Morgan fingerprint density at radius 3 is 2.68 bits per heavy atom. The second kappa shape index (κ2) is 6.53. The summed E-state index contributed by atoms with van der Waals surface area (Å²) in [6, 6.07) is 10.4. The minimum Gasteiger partial charge on any atom is -0.507 e. The van der Waals surface area contributed by atoms with Crippen molar-refractivity contribution in [3.05, 3.63) is 69.8 Å². The number of carbonyl (C=O) groups excluding carboxylic acids is 1. The Hall–Kier alpha value is -3.15. The van der Waals surface area contributed by atoms with E-state index in [4.69, 9.17) is 4.74 Å². The van der Waals surface area contributed by atoms with Gasteiger partial charge >= 0.3 is 0 Å². The molecule has 6 nitrogen and oxygen atoms in total. The average molecular weight is 299 g/mol. The van der Waals surface area contributed by atoms with Gasteiger partial charge in [-0.3, -0.25) is 14.9 Å². The molecule has 2 aromatic rings. The first-order chi connectivity index (χ1) is 10.5. The molecule has 0 heterocycles. The van der Waals surface area contributed by atoms with Gasteiger partial charge in [0.1, 0.15) is 17.1 Å². The number of ketones is 1. The number of ether oxygens (including phenoxy) is 1. The average Bonchev–Trinajstić information content (AvgIpc) is 2.52. The number of nitro groups is 1. The van der Waals surface area contributed by atoms with Crippen molar-refractivity contribution in [2.75, 3.05) is 7.11 Å². The van der Waals surface area contributed by atoms with Crippen LogP contribution in [0, 0.1) is 10.1 Å². The number of aromatic hydroxyl groups is 1. The number of allylic oxidation sites excluding steroid dienone is 1. The second-order valence-electron chi connectivity index (χ2n) is 4.40. The first-order valence-corrected chi connectivity index (χ1v) is 6.35. The Labute approximate surface area is 126 Å². The summed E-state index contributed by atoms with van der Waals surface area (Å²) in [5.41, 5.74) is 0.498. The molecule has 0 spiro atoms. The number of carbonyl (C=O) groups is 1. The maximum atomic E-state index is 12.2. The molecule has 2 rings (SSSR count). The van der Waals surface area contributed by atoms with E-state index in [0.29, 0.717) is 5.56 Å². The summed E-state index contributed by atoms with van der Waals surface area (Å²) in [4.78, 5) is 22.4. The molecule has 0 saturated heterocycles. The van der Waals surface area contributed by atoms with Crippen molar-refractivity contribution in [1.82, 2.24) is 0 Å². The predicted octanol–water partition coefficient (Wildman–Crippen LogP) is 3.21. The molecule has 0 atom stereocenters. The van der Waals surface area contributed by atoms with Crippen LogP contribution in [0.3, 0.4) is 0 Å². The highest BCUT2D eigenvalue weighted by Crippen LogP contribution is 2.28. The number of hydrogen-bond donors (Lipinski definition) is 1. The topological polar surface area (TPSA) is 89.7 Å². The lowest BCUT2D eigenvalue weighted by Crippen LogP contribution is -1.99. The van der Waals surface area contributed by atoms with Gasteiger partial charge in [-0.05, 0) is 23.8 Å². The summed E-state index contributed by atoms with van der Waals surface area (Å²) in [5.74, 6) is -0.386. The number of nitrogens with zero attached hydrogens (tertiary/aromatic N) is 1. The maximum Gasteiger partial charge on any atom is 0.270 e. The van der Waals surface area contributed by atoms with Gasteiger partial charge in [0.25, 0.3) is 5.69 Å². The fourth-order valence-electron chi connectivity index (χ4n) is 1.93. The lowest BCUT2D eigenvalue weighted by atomic mass is 10.1. The predicted molar refractivity (Wildman–Crippen MR) is 81.1 cm³/mol. The third-order valence-corrected chi connectivity index (χ3v) is 2.98. The fourth-order valence-corrected chi connectivity index (χ4v) is 1.93. The van der Waals surface area contributed by atoms with E-state index in [1.165, 1.54) is 43.5 Å². The van der Waals surface area contributed by atoms with E-state index in [0.717, 1.165) is 0 Å². The Balaban J connectivity index is 2.29. The molecule has 0 bridgehead atoms. The smallest absolute Gasteiger partial charge is 0.270 e. The van der Waals surface area contributed by atoms with E-state index < -0.39 is 10.7 Å². The van der Waals surface area contributed by atoms with Crippen LogP contribution in [0.5, 0.6) is 11.5 Å². The highest BCUT2D eigenvalue weighted by molar-refractivity contribution is 6.10. The normalized spacial score (nSPS) is 10.6. The van der Waals surface area contributed by atoms with Crippen molar-refractivity contribution in [1.29, 1.82) is 0 Å². The Bertz CT molecular complexity index is 752. The molecule has 2 aromatic carbocycles. The standard InChI is InChI=1S/C16H13NO5/c1-22-15-7-3-6-13(18)16(15)14(19)9-8-11-4-2-5-12(10-11)17(20)21/h2-10,18H,1H3/b9-8+. The molecule has 112 valence electrons. The zero-order valence-electron chi connectivity index (χ0n) is 11.7. The second-order valence-corrected chi connectivity index (χ2v) is 4.40. The summed E-state index contributed by atoms with van der Waals surface area (Å²) in [7, 11) is 1.40. The van der Waals surface area contributed by atoms with Gasteiger partial charge in [-0.25, -0.2) is 0 Å². The maximum absolute atomic E-state index is 12.2. The van der Waals surface area contributed by atoms with Gasteiger partial charge in [0, 0.05) is 12.1 Å². The molecule has 22 heavy (non-hydrogen) atoms. The van der Waals surface area contributed by atoms with Crippen molar-refractivity contribution in [2.24, 2.45) is 0 Å². The van der Waals surface area contributed by atoms with E-state index in [-0.39, 0.29) is 22.7 Å². The summed E-state index contributed by atoms with van der Waals surface area (Å²) in [6.07, 6.45) is 2.68. The van der Waals surface area contributed by atoms with Gasteiger partial charge in [-0.15, -0.1) is 0 Å². The molecule has 0 aliphatic rings. The molecule has 0 aliphatic carbocycles. The van der Waals surface area contributed by atoms with Gasteiger partial charge in [-0.2, -0.15) is 0 Å². The molecule has 0 unspecified atom stereocenters. The molecular formula is C16H13NO5. The number of nitro benzene ring substituents is 1. The van der Waals surface area contributed by atoms with E-state index in [2.05, 4.69) is 0 Å². The van der Waals surface area contributed by atoms with Crippen LogP contribution in [0.2, 0.25) is 0 Å². The molecular weight excluding hydrogens is 286 g/mol. The van der Waals surface area contributed by atoms with Crippen LogP contribution < -0.4 is 4.74 Å². The minimum absolute atomic E-state index is 0.0479. The molecule has 0 aliphatic heterocycles. The van der Waals surface area contributed by atoms with Crippen LogP contribution in [-0.4, -0.2) is 22.9 Å². The van der Waals surface area contributed by atoms with E-state index in [1.54, 1.807) is 18.2 Å². The number of hydrogen-bond acceptors (Lipinski definition) is 5. The van der Waals surface area contributed by atoms with Crippen LogP contribution in [-0.2, 0) is 0 Å². The van der Waals surface area contributed by atoms with Gasteiger partial charge < -0.3 is 9.84 Å². The molecule has 0 fully saturated rings. The molecule has 1 N–H and O–H groups in total. The number of non-ortho nitro benzene ring substituents is 1. The van der Waals surface area contributed by atoms with Crippen molar-refractivity contribution >= 4 is 17.5 Å². The van der Waals surface area contributed by atoms with Gasteiger partial charge in [-0.1, -0.05) is 24.3 Å². The quantitative estimate of drug-likeness (QED) is 0.396. The summed E-state index contributed by atoms with van der Waals surface area (Å²) < 4.78 is 5.05. The lowest BCUT2D eigenvalue weighted by molar-refractivity contribution is -0.384. The SMILES string of the molecule is COc1cccc(O)c1C(=O)/C=C/c1cccc([N+](=O)[O-])c1. The first kappa shape index (κ1) is 15.2. The summed E-state index contributed by atoms with van der Waals surface area (Å²) in [6.45, 7) is 0. The third-order valence-electron chi connectivity index (χ3n) is 2.98. The van der Waals surface area contributed by atoms with Crippen LogP contribution in [0.15, 0.2) is 48.5 Å². The first-order valence-electron chi connectivity index (χ1n) is 6.35. The fraction of sp³-hybridized carbons (Fsp3) is 0.0625. The molecule has 6 heteroatoms. The van der Waals surface area contributed by atoms with Crippen LogP contribution in [0.4, 0.5) is 5.69 Å². The summed E-state index contributed by atoms with van der Waals surface area (Å²) in [5, 5.41) is 20.5. The summed E-state index contributed by atoms with van der Waals surface area (Å²) >= 11 is 0. The van der Waals surface area contributed by atoms with Gasteiger partial charge in [0.05, 0.1) is 12.0 Å². The van der Waals surface area contributed by atoms with Crippen LogP contribution in [0.25, 0.3) is 6.08 Å². The van der Waals surface area contributed by atoms with E-state index in [9.17, 15) is 20.0 Å². The van der Waals surface area contributed by atoms with Crippen molar-refractivity contribution < 1.29 is 19.6 Å². The highest BCUT2D eigenvalue weighted by Gasteiger charge is 2.14. The monoisotopic (exact) mass is 299 g/mol. The van der Waals surface area contributed by atoms with Crippen LogP contribution >= 0.6 is 0 Å². The van der Waals surface area contributed by atoms with Crippen molar-refractivity contribution in [2.45, 2.75) is 0 Å². The number of methoxy groups -OCH3 is 1. The van der Waals surface area contributed by atoms with Crippen molar-refractivity contribution in [3.8, 4) is 11.5 Å². The van der Waals surface area contributed by atoms with Gasteiger partial charge in [0.15, 0.2) is 5.78 Å². The van der Waals surface area contributed by atoms with E-state index in [1.807, 2.05) is 0 Å².